The Kier molecular flexibility index (Phi) is 10.8. The van der Waals surface area contributed by atoms with Crippen molar-refractivity contribution >= 4 is 68.2 Å². The Hall–Kier alpha value is -6.15. The van der Waals surface area contributed by atoms with Crippen LogP contribution in [0.2, 0.25) is 34.5 Å². The van der Waals surface area contributed by atoms with Crippen LogP contribution in [-0.2, 0) is 5.41 Å². The molecule has 0 N–H and O–H groups in total. The Bertz CT molecular complexity index is 3360. The van der Waals surface area contributed by atoms with E-state index in [1.165, 1.54) is 47.7 Å². The second kappa shape index (κ2) is 16.4. The Morgan fingerprint density at radius 3 is 1.80 bits per heavy atom. The van der Waals surface area contributed by atoms with Gasteiger partial charge in [0.1, 0.15) is 11.6 Å². The van der Waals surface area contributed by atoms with E-state index in [0.717, 1.165) is 50.5 Å². The van der Waals surface area contributed by atoms with E-state index in [1.54, 1.807) is 0 Å². The first kappa shape index (κ1) is 42.8. The van der Waals surface area contributed by atoms with E-state index in [-0.39, 0.29) is 5.41 Å². The number of hydrogen-bond acceptors (Lipinski definition) is 2. The quantitative estimate of drug-likeness (QED) is 0.107. The smallest absolute Gasteiger partial charge is 0.0149 e. The molecule has 0 bridgehead atoms. The van der Waals surface area contributed by atoms with Gasteiger partial charge in [-0.1, -0.05) is 39.0 Å². The zero-order valence-electron chi connectivity index (χ0n) is 39.0. The SMILES string of the molecule is CC(C)(C)c1ccnc(-n2c3ccccc3c3ccc(Oc4cccc(-n5c[n+](-c6c(-c7ccc[c]([Ge]([CH3])([CH3])[CH3])c7)cccc6-c6ccc[c]([Ge]([CH3])([CH3])[CH3])c6)c6ccccc65)c4)cc32)c1. The van der Waals surface area contributed by atoms with Crippen molar-refractivity contribution in [2.45, 2.75) is 60.7 Å². The van der Waals surface area contributed by atoms with E-state index in [9.17, 15) is 0 Å². The molecule has 5 nitrogen and oxygen atoms in total. The minimum Gasteiger partial charge on any atom is -0.0149 e. The minimum absolute atomic E-state index is 0.00868. The van der Waals surface area contributed by atoms with Gasteiger partial charge in [-0.3, -0.25) is 4.57 Å². The molecule has 0 aliphatic carbocycles. The summed E-state index contributed by atoms with van der Waals surface area (Å²) in [7, 11) is 0. The van der Waals surface area contributed by atoms with Crippen LogP contribution < -0.4 is 18.1 Å². The van der Waals surface area contributed by atoms with E-state index in [0.29, 0.717) is 0 Å². The molecule has 0 saturated heterocycles. The van der Waals surface area contributed by atoms with Gasteiger partial charge in [0.15, 0.2) is 0 Å². The zero-order valence-corrected chi connectivity index (χ0v) is 43.2. The molecule has 10 aromatic rings. The van der Waals surface area contributed by atoms with Crippen LogP contribution in [0.25, 0.3) is 72.3 Å². The van der Waals surface area contributed by atoms with Crippen LogP contribution in [0.1, 0.15) is 26.3 Å². The van der Waals surface area contributed by atoms with E-state index in [2.05, 4.69) is 239 Å². The Morgan fingerprint density at radius 1 is 0.523 bits per heavy atom. The molecule has 0 unspecified atom stereocenters. The summed E-state index contributed by atoms with van der Waals surface area (Å²) in [4.78, 5) is 4.90. The number of fused-ring (bicyclic) bond motifs is 4. The summed E-state index contributed by atoms with van der Waals surface area (Å²) < 4.78 is 16.8. The van der Waals surface area contributed by atoms with Gasteiger partial charge in [0.25, 0.3) is 0 Å². The van der Waals surface area contributed by atoms with Crippen molar-refractivity contribution in [1.29, 1.82) is 0 Å². The third-order valence-electron chi connectivity index (χ3n) is 12.8. The minimum atomic E-state index is -2.15. The monoisotopic (exact) mass is 973 g/mol. The molecule has 3 aromatic heterocycles. The summed E-state index contributed by atoms with van der Waals surface area (Å²) in [6.07, 6.45) is 4.20. The Labute approximate surface area is 388 Å². The van der Waals surface area contributed by atoms with E-state index in [1.807, 2.05) is 12.3 Å². The van der Waals surface area contributed by atoms with E-state index >= 15 is 0 Å². The molecule has 10 rings (SSSR count). The average molecular weight is 971 g/mol. The van der Waals surface area contributed by atoms with E-state index in [4.69, 9.17) is 9.72 Å². The number of hydrogen-bond donors (Lipinski definition) is 0. The van der Waals surface area contributed by atoms with Crippen LogP contribution >= 0.6 is 0 Å². The fraction of sp³-hybridized carbons (Fsp3) is 0.172. The van der Waals surface area contributed by atoms with Crippen molar-refractivity contribution in [2.24, 2.45) is 0 Å². The number of pyridine rings is 1. The largest absolute Gasteiger partial charge is 0.0592 e. The van der Waals surface area contributed by atoms with Crippen LogP contribution in [-0.4, -0.2) is 40.7 Å². The molecule has 7 heteroatoms. The number of benzene rings is 7. The first-order valence-electron chi connectivity index (χ1n) is 22.8. The fourth-order valence-electron chi connectivity index (χ4n) is 9.17. The number of ether oxygens (including phenoxy) is 1. The molecule has 0 aliphatic heterocycles. The normalized spacial score (nSPS) is 12.4. The van der Waals surface area contributed by atoms with Gasteiger partial charge in [0, 0.05) is 23.0 Å². The molecule has 7 aromatic carbocycles. The summed E-state index contributed by atoms with van der Waals surface area (Å²) in [5.74, 6) is 17.3. The van der Waals surface area contributed by atoms with Crippen molar-refractivity contribution in [3.8, 4) is 50.9 Å². The van der Waals surface area contributed by atoms with Crippen molar-refractivity contribution in [3.05, 3.63) is 188 Å². The average Bonchev–Trinajstić information content (AvgIpc) is 3.84. The van der Waals surface area contributed by atoms with Crippen LogP contribution in [0.4, 0.5) is 0 Å². The standard InChI is InChI=1S/C58H57Ge2N4O/c1-58(2,3)42-32-33-61-56(36-42)64-52-27-11-10-24-50(52)51-31-30-47(38-55(51)64)65-46-23-16-22-45(37-46)62-39-63(54-29-13-12-28-53(54)62)57-48(40-18-14-20-43(34-40)59(4,5)6)25-17-26-49(57)41-19-15-21-44(35-41)60(7,8)9/h10-39H,1-9H3/q+1. The first-order chi connectivity index (χ1) is 31.1. The molecular formula is C58H57Ge2N4O+. The van der Waals surface area contributed by atoms with Gasteiger partial charge in [-0.15, -0.1) is 0 Å². The van der Waals surface area contributed by atoms with Gasteiger partial charge in [0.05, 0.1) is 11.0 Å². The maximum Gasteiger partial charge on any atom is 0.0592 e. The van der Waals surface area contributed by atoms with Crippen LogP contribution in [0, 0.1) is 0 Å². The van der Waals surface area contributed by atoms with E-state index < -0.39 is 26.5 Å². The number of imidazole rings is 1. The molecule has 0 fully saturated rings. The van der Waals surface area contributed by atoms with Crippen LogP contribution in [0.3, 0.4) is 0 Å². The van der Waals surface area contributed by atoms with Gasteiger partial charge >= 0.3 is 256 Å². The van der Waals surface area contributed by atoms with Crippen LogP contribution in [0.5, 0.6) is 11.5 Å². The van der Waals surface area contributed by atoms with Gasteiger partial charge in [0.2, 0.25) is 0 Å². The molecule has 0 aliphatic rings. The summed E-state index contributed by atoms with van der Waals surface area (Å²) in [5.41, 5.74) is 12.8. The molecule has 322 valence electrons. The molecule has 0 radical (unpaired) electrons. The predicted molar refractivity (Wildman–Crippen MR) is 279 cm³/mol. The topological polar surface area (TPSA) is 35.9 Å². The van der Waals surface area contributed by atoms with Crippen LogP contribution in [0.15, 0.2) is 182 Å². The fourth-order valence-corrected chi connectivity index (χ4v) is 14.1. The molecular weight excluding hydrogens is 914 g/mol. The summed E-state index contributed by atoms with van der Waals surface area (Å²) in [6.45, 7) is 6.73. The number of aromatic nitrogens is 4. The summed E-state index contributed by atoms with van der Waals surface area (Å²) in [5, 5.41) is 2.35. The third-order valence-corrected chi connectivity index (χ3v) is 21.4. The predicted octanol–water partition coefficient (Wildman–Crippen LogP) is 13.9. The van der Waals surface area contributed by atoms with Crippen molar-refractivity contribution in [2.75, 3.05) is 0 Å². The zero-order chi connectivity index (χ0) is 45.3. The summed E-state index contributed by atoms with van der Waals surface area (Å²) in [6, 6.07) is 62.0. The van der Waals surface area contributed by atoms with Crippen molar-refractivity contribution in [1.82, 2.24) is 14.1 Å². The summed E-state index contributed by atoms with van der Waals surface area (Å²) >= 11 is -4.29. The molecule has 0 amide bonds. The molecule has 0 atom stereocenters. The second-order valence-corrected chi connectivity index (χ2v) is 41.8. The van der Waals surface area contributed by atoms with Crippen molar-refractivity contribution in [3.63, 3.8) is 0 Å². The first-order valence-corrected chi connectivity index (χ1v) is 37.5. The maximum atomic E-state index is 6.80. The number of nitrogens with zero attached hydrogens (tertiary/aromatic N) is 4. The van der Waals surface area contributed by atoms with Gasteiger partial charge < -0.3 is 0 Å². The molecule has 0 spiro atoms. The van der Waals surface area contributed by atoms with Gasteiger partial charge in [-0.2, -0.15) is 0 Å². The van der Waals surface area contributed by atoms with Gasteiger partial charge in [-0.25, -0.2) is 4.98 Å². The van der Waals surface area contributed by atoms with Crippen molar-refractivity contribution < 1.29 is 9.30 Å². The number of rotatable bonds is 9. The Morgan fingerprint density at radius 2 is 1.12 bits per heavy atom. The third kappa shape index (κ3) is 8.14. The van der Waals surface area contributed by atoms with Gasteiger partial charge in [-0.05, 0) is 41.3 Å². The second-order valence-electron chi connectivity index (χ2n) is 20.5. The molecule has 0 saturated carbocycles. The molecule has 3 heterocycles. The maximum absolute atomic E-state index is 6.80. The Balaban J connectivity index is 1.10. The number of para-hydroxylation sites is 4. The molecule has 65 heavy (non-hydrogen) atoms.